The van der Waals surface area contributed by atoms with Gasteiger partial charge in [0.05, 0.1) is 17.6 Å². The lowest BCUT2D eigenvalue weighted by Gasteiger charge is -2.22. The van der Waals surface area contributed by atoms with Gasteiger partial charge < -0.3 is 16.0 Å². The predicted molar refractivity (Wildman–Crippen MR) is 153 cm³/mol. The molecule has 37 heavy (non-hydrogen) atoms. The number of nitrogens with two attached hydrogens (primary N) is 2. The molecule has 0 atom stereocenters. The summed E-state index contributed by atoms with van der Waals surface area (Å²) in [6.45, 7) is 11.3. The van der Waals surface area contributed by atoms with Crippen LogP contribution in [0.2, 0.25) is 0 Å². The van der Waals surface area contributed by atoms with Crippen LogP contribution in [-0.2, 0) is 11.8 Å². The summed E-state index contributed by atoms with van der Waals surface area (Å²) < 4.78 is 1.76. The fraction of sp³-hybridized carbons (Fsp3) is 0.379. The molecular formula is C29H41N7O. The highest BCUT2D eigenvalue weighted by Gasteiger charge is 2.21. The molecule has 3 rings (SSSR count). The van der Waals surface area contributed by atoms with Crippen LogP contribution < -0.4 is 21.9 Å². The quantitative estimate of drug-likeness (QED) is 0.382. The lowest BCUT2D eigenvalue weighted by atomic mass is 9.84. The van der Waals surface area contributed by atoms with Gasteiger partial charge in [0.1, 0.15) is 0 Å². The Kier molecular flexibility index (Phi) is 8.46. The van der Waals surface area contributed by atoms with E-state index in [2.05, 4.69) is 56.3 Å². The van der Waals surface area contributed by atoms with Gasteiger partial charge in [-0.2, -0.15) is 5.10 Å². The number of amides is 1. The summed E-state index contributed by atoms with van der Waals surface area (Å²) in [7, 11) is 5.98. The molecule has 198 valence electrons. The molecule has 2 aromatic rings. The molecule has 0 spiro atoms. The summed E-state index contributed by atoms with van der Waals surface area (Å²) in [6, 6.07) is 5.66. The Bertz CT molecular complexity index is 1290. The average molecular weight is 504 g/mol. The van der Waals surface area contributed by atoms with E-state index in [1.54, 1.807) is 17.1 Å². The van der Waals surface area contributed by atoms with E-state index in [4.69, 9.17) is 11.6 Å². The molecule has 0 bridgehead atoms. The van der Waals surface area contributed by atoms with Gasteiger partial charge in [-0.1, -0.05) is 44.6 Å². The van der Waals surface area contributed by atoms with Crippen molar-refractivity contribution in [3.05, 3.63) is 82.4 Å². The van der Waals surface area contributed by atoms with E-state index in [0.717, 1.165) is 41.0 Å². The first-order chi connectivity index (χ1) is 17.3. The summed E-state index contributed by atoms with van der Waals surface area (Å²) in [5.74, 6) is 6.23. The first-order valence-corrected chi connectivity index (χ1v) is 12.4. The maximum Gasteiger partial charge on any atom is 0.255 e. The highest BCUT2D eigenvalue weighted by Crippen LogP contribution is 2.32. The second kappa shape index (κ2) is 11.2. The van der Waals surface area contributed by atoms with Crippen molar-refractivity contribution in [3.8, 4) is 0 Å². The number of hydrazine groups is 1. The lowest BCUT2D eigenvalue weighted by Crippen LogP contribution is -2.27. The number of benzene rings is 1. The third-order valence-corrected chi connectivity index (χ3v) is 6.47. The summed E-state index contributed by atoms with van der Waals surface area (Å²) >= 11 is 0. The summed E-state index contributed by atoms with van der Waals surface area (Å²) in [5, 5.41) is 8.78. The second-order valence-electron chi connectivity index (χ2n) is 11.0. The fourth-order valence-corrected chi connectivity index (χ4v) is 4.14. The van der Waals surface area contributed by atoms with Crippen LogP contribution in [0.3, 0.4) is 0 Å². The molecule has 0 radical (unpaired) electrons. The van der Waals surface area contributed by atoms with Crippen LogP contribution in [0, 0.1) is 19.3 Å². The lowest BCUT2D eigenvalue weighted by molar-refractivity contribution is -0.112. The monoisotopic (exact) mass is 503 g/mol. The maximum absolute atomic E-state index is 13.3. The number of nitrogens with one attached hydrogen (secondary N) is 1. The minimum atomic E-state index is -0.152. The topological polar surface area (TPSA) is 105 Å². The van der Waals surface area contributed by atoms with Crippen LogP contribution in [0.4, 0.5) is 11.4 Å². The molecule has 0 saturated heterocycles. The third-order valence-electron chi connectivity index (χ3n) is 6.47. The number of carbonyl (C=O) groups excluding carboxylic acids is 1. The van der Waals surface area contributed by atoms with Crippen molar-refractivity contribution >= 4 is 23.0 Å². The number of nitrogens with zero attached hydrogens (tertiary/aromatic N) is 4. The van der Waals surface area contributed by atoms with E-state index in [-0.39, 0.29) is 11.3 Å². The van der Waals surface area contributed by atoms with E-state index in [1.807, 2.05) is 51.2 Å². The van der Waals surface area contributed by atoms with Crippen molar-refractivity contribution < 1.29 is 4.79 Å². The van der Waals surface area contributed by atoms with E-state index in [9.17, 15) is 4.79 Å². The molecule has 0 aliphatic heterocycles. The van der Waals surface area contributed by atoms with Crippen molar-refractivity contribution in [3.63, 3.8) is 0 Å². The van der Waals surface area contributed by atoms with Gasteiger partial charge in [-0.3, -0.25) is 14.5 Å². The Morgan fingerprint density at radius 2 is 1.92 bits per heavy atom. The molecule has 1 aliphatic rings. The van der Waals surface area contributed by atoms with Gasteiger partial charge >= 0.3 is 0 Å². The highest BCUT2D eigenvalue weighted by atomic mass is 16.1. The van der Waals surface area contributed by atoms with E-state index in [1.165, 1.54) is 10.6 Å². The zero-order valence-electron chi connectivity index (χ0n) is 23.4. The van der Waals surface area contributed by atoms with Crippen LogP contribution in [0.25, 0.3) is 5.70 Å². The van der Waals surface area contributed by atoms with E-state index >= 15 is 0 Å². The minimum Gasteiger partial charge on any atom is -0.397 e. The molecule has 5 N–H and O–H groups in total. The molecular weight excluding hydrogens is 462 g/mol. The molecule has 0 unspecified atom stereocenters. The van der Waals surface area contributed by atoms with Crippen molar-refractivity contribution in [1.82, 2.24) is 14.7 Å². The van der Waals surface area contributed by atoms with Crippen molar-refractivity contribution in [2.75, 3.05) is 31.0 Å². The smallest absolute Gasteiger partial charge is 0.255 e. The van der Waals surface area contributed by atoms with Crippen LogP contribution in [0.15, 0.2) is 65.5 Å². The van der Waals surface area contributed by atoms with Gasteiger partial charge in [-0.25, -0.2) is 5.84 Å². The number of likely N-dealkylation sites (N-methyl/N-ethyl adjacent to an activating group) is 1. The van der Waals surface area contributed by atoms with Gasteiger partial charge in [-0.15, -0.1) is 0 Å². The third kappa shape index (κ3) is 6.99. The first-order valence-electron chi connectivity index (χ1n) is 12.4. The summed E-state index contributed by atoms with van der Waals surface area (Å²) in [6.07, 6.45) is 10.4. The van der Waals surface area contributed by atoms with Crippen molar-refractivity contribution in [1.29, 1.82) is 0 Å². The molecule has 1 heterocycles. The number of aromatic nitrogens is 2. The van der Waals surface area contributed by atoms with Gasteiger partial charge in [0.15, 0.2) is 0 Å². The number of carbonyl (C=O) groups is 1. The summed E-state index contributed by atoms with van der Waals surface area (Å²) in [4.78, 5) is 15.5. The minimum absolute atomic E-state index is 0.0861. The van der Waals surface area contributed by atoms with Gasteiger partial charge in [0, 0.05) is 42.3 Å². The SMILES string of the molecule is Cc1ccc(NC(=O)C2=CCC(CN(C)C)=CC(C(C)(C)C)=C2)cc1N(N)/C=C(\N)c1cnn(C)c1C. The number of hydrogen-bond acceptors (Lipinski definition) is 6. The Morgan fingerprint density at radius 1 is 1.22 bits per heavy atom. The fourth-order valence-electron chi connectivity index (χ4n) is 4.14. The standard InChI is InChI=1S/C29H41N7O/c1-19-9-12-24(15-27(19)36(31)18-26(30)25-16-32-35(8)20(25)2)33-28(37)22-11-10-21(17-34(6)7)13-23(14-22)29(3,4)5/h9,11-16,18H,10,17,30-31H2,1-8H3,(H,33,37)/b26-18-. The zero-order chi connectivity index (χ0) is 27.5. The van der Waals surface area contributed by atoms with Crippen LogP contribution in [0.1, 0.15) is 44.0 Å². The van der Waals surface area contributed by atoms with Crippen LogP contribution >= 0.6 is 0 Å². The van der Waals surface area contributed by atoms with Gasteiger partial charge in [0.2, 0.25) is 0 Å². The Hall–Kier alpha value is -3.62. The molecule has 0 saturated carbocycles. The van der Waals surface area contributed by atoms with Gasteiger partial charge in [0.25, 0.3) is 5.91 Å². The molecule has 8 heteroatoms. The number of anilines is 2. The van der Waals surface area contributed by atoms with Gasteiger partial charge in [-0.05, 0) is 69.1 Å². The highest BCUT2D eigenvalue weighted by molar-refractivity contribution is 6.06. The Balaban J connectivity index is 1.84. The van der Waals surface area contributed by atoms with Crippen LogP contribution in [0.5, 0.6) is 0 Å². The summed E-state index contributed by atoms with van der Waals surface area (Å²) in [5.41, 5.74) is 13.9. The average Bonchev–Trinajstić information content (AvgIpc) is 3.00. The molecule has 0 fully saturated rings. The first kappa shape index (κ1) is 28.0. The van der Waals surface area contributed by atoms with Crippen LogP contribution in [-0.4, -0.2) is 41.2 Å². The number of allylic oxidation sites excluding steroid dienone is 3. The Morgan fingerprint density at radius 3 is 2.51 bits per heavy atom. The number of aryl methyl sites for hydroxylation is 2. The molecule has 1 amide bonds. The molecule has 8 nitrogen and oxygen atoms in total. The van der Waals surface area contributed by atoms with E-state index < -0.39 is 0 Å². The predicted octanol–water partition coefficient (Wildman–Crippen LogP) is 4.40. The normalized spacial score (nSPS) is 14.6. The largest absolute Gasteiger partial charge is 0.397 e. The van der Waals surface area contributed by atoms with E-state index in [0.29, 0.717) is 17.0 Å². The molecule has 1 aliphatic carbocycles. The number of rotatable bonds is 7. The molecule has 1 aromatic carbocycles. The second-order valence-corrected chi connectivity index (χ2v) is 11.0. The number of hydrogen-bond donors (Lipinski definition) is 3. The van der Waals surface area contributed by atoms with Crippen molar-refractivity contribution in [2.24, 2.45) is 24.0 Å². The molecule has 1 aromatic heterocycles. The Labute approximate surface area is 221 Å². The maximum atomic E-state index is 13.3. The van der Waals surface area contributed by atoms with Crippen molar-refractivity contribution in [2.45, 2.75) is 41.0 Å². The zero-order valence-corrected chi connectivity index (χ0v) is 23.4.